The molecule has 0 aliphatic heterocycles. The number of nitrogens with one attached hydrogen (secondary N) is 2. The van der Waals surface area contributed by atoms with E-state index in [1.807, 2.05) is 32.0 Å². The van der Waals surface area contributed by atoms with Crippen molar-refractivity contribution in [3.05, 3.63) is 62.6 Å². The van der Waals surface area contributed by atoms with Gasteiger partial charge in [0.15, 0.2) is 0 Å². The molecule has 2 aromatic rings. The Morgan fingerprint density at radius 2 is 2.00 bits per heavy atom. The summed E-state index contributed by atoms with van der Waals surface area (Å²) in [5, 5.41) is 2.84. The van der Waals surface area contributed by atoms with Crippen LogP contribution in [0.15, 0.2) is 29.1 Å². The van der Waals surface area contributed by atoms with Gasteiger partial charge in [0.25, 0.3) is 11.5 Å². The van der Waals surface area contributed by atoms with Crippen molar-refractivity contribution in [3.63, 3.8) is 0 Å². The molecule has 0 radical (unpaired) electrons. The quantitative estimate of drug-likeness (QED) is 0.889. The lowest BCUT2D eigenvalue weighted by Gasteiger charge is -2.10. The van der Waals surface area contributed by atoms with Gasteiger partial charge in [0, 0.05) is 11.4 Å². The summed E-state index contributed by atoms with van der Waals surface area (Å²) in [6.07, 6.45) is 2.85. The number of rotatable bonds is 2. The van der Waals surface area contributed by atoms with Gasteiger partial charge in [-0.3, -0.25) is 9.59 Å². The molecule has 4 heteroatoms. The Bertz CT molecular complexity index is 775. The summed E-state index contributed by atoms with van der Waals surface area (Å²) in [6.45, 7) is 3.90. The fourth-order valence-corrected chi connectivity index (χ4v) is 2.74. The number of carbonyl (C=O) groups is 1. The Kier molecular flexibility index (Phi) is 3.37. The van der Waals surface area contributed by atoms with E-state index in [1.54, 1.807) is 6.07 Å². The van der Waals surface area contributed by atoms with E-state index in [0.717, 1.165) is 47.3 Å². The smallest absolute Gasteiger partial charge is 0.261 e. The zero-order valence-electron chi connectivity index (χ0n) is 12.2. The molecule has 0 saturated heterocycles. The van der Waals surface area contributed by atoms with Crippen molar-refractivity contribution in [3.8, 4) is 0 Å². The van der Waals surface area contributed by atoms with Gasteiger partial charge in [-0.05, 0) is 61.9 Å². The number of pyridine rings is 1. The summed E-state index contributed by atoms with van der Waals surface area (Å²) >= 11 is 0. The number of hydrogen-bond donors (Lipinski definition) is 2. The van der Waals surface area contributed by atoms with Gasteiger partial charge in [0.2, 0.25) is 0 Å². The first kappa shape index (κ1) is 13.6. The minimum Gasteiger partial charge on any atom is -0.325 e. The largest absolute Gasteiger partial charge is 0.325 e. The minimum atomic E-state index is -0.348. The fraction of sp³-hybridized carbons (Fsp3) is 0.294. The Morgan fingerprint density at radius 1 is 1.19 bits per heavy atom. The van der Waals surface area contributed by atoms with Crippen LogP contribution < -0.4 is 10.9 Å². The van der Waals surface area contributed by atoms with Gasteiger partial charge in [0.05, 0.1) is 0 Å². The molecule has 21 heavy (non-hydrogen) atoms. The van der Waals surface area contributed by atoms with Gasteiger partial charge in [-0.15, -0.1) is 0 Å². The standard InChI is InChI=1S/C17H18N2O2/c1-10-6-7-11(2)15(8-10)19-17(21)13-9-12-4-3-5-14(12)18-16(13)20/h6-9H,3-5H2,1-2H3,(H,18,20)(H,19,21). The van der Waals surface area contributed by atoms with Crippen LogP contribution in [0.4, 0.5) is 5.69 Å². The molecule has 0 saturated carbocycles. The van der Waals surface area contributed by atoms with Gasteiger partial charge < -0.3 is 10.3 Å². The Hall–Kier alpha value is -2.36. The summed E-state index contributed by atoms with van der Waals surface area (Å²) in [5.74, 6) is -0.348. The van der Waals surface area contributed by atoms with Gasteiger partial charge in [-0.2, -0.15) is 0 Å². The number of carbonyl (C=O) groups excluding carboxylic acids is 1. The van der Waals surface area contributed by atoms with Crippen LogP contribution in [0.3, 0.4) is 0 Å². The number of amides is 1. The first-order chi connectivity index (χ1) is 10.0. The molecule has 1 aliphatic carbocycles. The third kappa shape index (κ3) is 2.61. The summed E-state index contributed by atoms with van der Waals surface area (Å²) in [6, 6.07) is 7.60. The van der Waals surface area contributed by atoms with Crippen LogP contribution >= 0.6 is 0 Å². The molecular weight excluding hydrogens is 264 g/mol. The van der Waals surface area contributed by atoms with Crippen molar-refractivity contribution >= 4 is 11.6 Å². The number of fused-ring (bicyclic) bond motifs is 1. The predicted molar refractivity (Wildman–Crippen MR) is 83.0 cm³/mol. The highest BCUT2D eigenvalue weighted by Gasteiger charge is 2.18. The second-order valence-electron chi connectivity index (χ2n) is 5.64. The van der Waals surface area contributed by atoms with E-state index in [1.165, 1.54) is 0 Å². The van der Waals surface area contributed by atoms with Gasteiger partial charge in [-0.25, -0.2) is 0 Å². The number of hydrogen-bond acceptors (Lipinski definition) is 2. The highest BCUT2D eigenvalue weighted by Crippen LogP contribution is 2.20. The van der Waals surface area contributed by atoms with E-state index in [4.69, 9.17) is 0 Å². The van der Waals surface area contributed by atoms with Gasteiger partial charge >= 0.3 is 0 Å². The van der Waals surface area contributed by atoms with Crippen LogP contribution in [0.5, 0.6) is 0 Å². The number of aromatic nitrogens is 1. The van der Waals surface area contributed by atoms with Gasteiger partial charge in [-0.1, -0.05) is 12.1 Å². The lowest BCUT2D eigenvalue weighted by molar-refractivity contribution is 0.102. The van der Waals surface area contributed by atoms with Crippen molar-refractivity contribution in [1.82, 2.24) is 4.98 Å². The molecule has 1 aromatic heterocycles. The van der Waals surface area contributed by atoms with Crippen LogP contribution in [0.1, 0.15) is 39.2 Å². The second-order valence-corrected chi connectivity index (χ2v) is 5.64. The summed E-state index contributed by atoms with van der Waals surface area (Å²) in [5.41, 5.74) is 4.74. The zero-order valence-corrected chi connectivity index (χ0v) is 12.2. The van der Waals surface area contributed by atoms with Crippen molar-refractivity contribution in [2.24, 2.45) is 0 Å². The molecule has 0 bridgehead atoms. The molecule has 0 atom stereocenters. The second kappa shape index (κ2) is 5.20. The average molecular weight is 282 g/mol. The number of benzene rings is 1. The van der Waals surface area contributed by atoms with Crippen LogP contribution in [-0.4, -0.2) is 10.9 Å². The first-order valence-corrected chi connectivity index (χ1v) is 7.18. The predicted octanol–water partition coefficient (Wildman–Crippen LogP) is 2.73. The SMILES string of the molecule is Cc1ccc(C)c(NC(=O)c2cc3c([nH]c2=O)CCC3)c1. The topological polar surface area (TPSA) is 62.0 Å². The van der Waals surface area contributed by atoms with Crippen LogP contribution in [0.2, 0.25) is 0 Å². The van der Waals surface area contributed by atoms with Crippen LogP contribution in [0.25, 0.3) is 0 Å². The van der Waals surface area contributed by atoms with Crippen molar-refractivity contribution in [2.45, 2.75) is 33.1 Å². The minimum absolute atomic E-state index is 0.191. The number of anilines is 1. The third-order valence-corrected chi connectivity index (χ3v) is 3.97. The molecule has 1 heterocycles. The highest BCUT2D eigenvalue weighted by atomic mass is 16.2. The molecular formula is C17H18N2O2. The zero-order chi connectivity index (χ0) is 15.0. The average Bonchev–Trinajstić information content (AvgIpc) is 2.89. The van der Waals surface area contributed by atoms with E-state index in [0.29, 0.717) is 0 Å². The van der Waals surface area contributed by atoms with E-state index in [9.17, 15) is 9.59 Å². The maximum absolute atomic E-state index is 12.4. The van der Waals surface area contributed by atoms with E-state index in [-0.39, 0.29) is 17.0 Å². The summed E-state index contributed by atoms with van der Waals surface area (Å²) < 4.78 is 0. The molecule has 0 spiro atoms. The maximum atomic E-state index is 12.4. The Balaban J connectivity index is 1.93. The summed E-state index contributed by atoms with van der Waals surface area (Å²) in [7, 11) is 0. The molecule has 1 aromatic carbocycles. The maximum Gasteiger partial charge on any atom is 0.261 e. The number of aromatic amines is 1. The van der Waals surface area contributed by atoms with Crippen molar-refractivity contribution in [2.75, 3.05) is 5.32 Å². The Labute approximate surface area is 123 Å². The molecule has 108 valence electrons. The van der Waals surface area contributed by atoms with E-state index in [2.05, 4.69) is 10.3 Å². The van der Waals surface area contributed by atoms with E-state index < -0.39 is 0 Å². The van der Waals surface area contributed by atoms with Crippen molar-refractivity contribution in [1.29, 1.82) is 0 Å². The summed E-state index contributed by atoms with van der Waals surface area (Å²) in [4.78, 5) is 27.2. The van der Waals surface area contributed by atoms with E-state index >= 15 is 0 Å². The number of aryl methyl sites for hydroxylation is 4. The van der Waals surface area contributed by atoms with Crippen LogP contribution in [-0.2, 0) is 12.8 Å². The lowest BCUT2D eigenvalue weighted by Crippen LogP contribution is -2.24. The third-order valence-electron chi connectivity index (χ3n) is 3.97. The first-order valence-electron chi connectivity index (χ1n) is 7.18. The molecule has 4 nitrogen and oxygen atoms in total. The fourth-order valence-electron chi connectivity index (χ4n) is 2.74. The highest BCUT2D eigenvalue weighted by molar-refractivity contribution is 6.04. The molecule has 1 aliphatic rings. The lowest BCUT2D eigenvalue weighted by atomic mass is 10.1. The number of H-pyrrole nitrogens is 1. The molecule has 2 N–H and O–H groups in total. The normalized spacial score (nSPS) is 13.0. The van der Waals surface area contributed by atoms with Crippen LogP contribution in [0, 0.1) is 13.8 Å². The monoisotopic (exact) mass is 282 g/mol. The molecule has 0 fully saturated rings. The van der Waals surface area contributed by atoms with Crippen molar-refractivity contribution < 1.29 is 4.79 Å². The molecule has 3 rings (SSSR count). The van der Waals surface area contributed by atoms with Gasteiger partial charge in [0.1, 0.15) is 5.56 Å². The molecule has 0 unspecified atom stereocenters. The Morgan fingerprint density at radius 3 is 2.81 bits per heavy atom. The molecule has 1 amide bonds.